The van der Waals surface area contributed by atoms with Crippen LogP contribution < -0.4 is 11.3 Å². The fraction of sp³-hybridized carbons (Fsp3) is 1.00. The van der Waals surface area contributed by atoms with Crippen LogP contribution in [0.4, 0.5) is 0 Å². The standard InChI is InChI=1S/C13H28N2O2/c1-13(2,3)17-10-11(15-14)6-4-7-12-8-5-9-16-12/h11-12,15H,4-10,14H2,1-3H3. The van der Waals surface area contributed by atoms with E-state index in [4.69, 9.17) is 15.3 Å². The van der Waals surface area contributed by atoms with Crippen molar-refractivity contribution in [3.63, 3.8) is 0 Å². The number of hydrogen-bond donors (Lipinski definition) is 2. The topological polar surface area (TPSA) is 56.5 Å². The Morgan fingerprint density at radius 3 is 2.76 bits per heavy atom. The monoisotopic (exact) mass is 244 g/mol. The van der Waals surface area contributed by atoms with Crippen LogP contribution in [-0.2, 0) is 9.47 Å². The van der Waals surface area contributed by atoms with Gasteiger partial charge in [-0.1, -0.05) is 0 Å². The summed E-state index contributed by atoms with van der Waals surface area (Å²) in [6, 6.07) is 0.246. The Bertz CT molecular complexity index is 198. The van der Waals surface area contributed by atoms with Gasteiger partial charge in [0.2, 0.25) is 0 Å². The molecule has 102 valence electrons. The minimum atomic E-state index is -0.0936. The number of nitrogens with one attached hydrogen (secondary N) is 1. The molecule has 0 spiro atoms. The lowest BCUT2D eigenvalue weighted by atomic mass is 10.1. The Labute approximate surface area is 105 Å². The maximum absolute atomic E-state index is 5.73. The number of hydrogen-bond acceptors (Lipinski definition) is 4. The molecule has 0 radical (unpaired) electrons. The molecule has 3 N–H and O–H groups in total. The van der Waals surface area contributed by atoms with Gasteiger partial charge in [-0.15, -0.1) is 0 Å². The van der Waals surface area contributed by atoms with E-state index in [9.17, 15) is 0 Å². The number of rotatable bonds is 7. The molecule has 1 fully saturated rings. The Morgan fingerprint density at radius 2 is 2.24 bits per heavy atom. The van der Waals surface area contributed by atoms with E-state index in [0.717, 1.165) is 25.9 Å². The summed E-state index contributed by atoms with van der Waals surface area (Å²) >= 11 is 0. The Morgan fingerprint density at radius 1 is 1.47 bits per heavy atom. The average molecular weight is 244 g/mol. The Hall–Kier alpha value is -0.160. The molecule has 0 aromatic heterocycles. The van der Waals surface area contributed by atoms with E-state index in [1.165, 1.54) is 12.8 Å². The molecule has 17 heavy (non-hydrogen) atoms. The summed E-state index contributed by atoms with van der Waals surface area (Å²) in [6.45, 7) is 7.80. The van der Waals surface area contributed by atoms with Gasteiger partial charge >= 0.3 is 0 Å². The van der Waals surface area contributed by atoms with Crippen molar-refractivity contribution in [2.45, 2.75) is 70.6 Å². The summed E-state index contributed by atoms with van der Waals surface area (Å²) in [7, 11) is 0. The highest BCUT2D eigenvalue weighted by Crippen LogP contribution is 2.18. The SMILES string of the molecule is CC(C)(C)OCC(CCCC1CCCO1)NN. The summed E-state index contributed by atoms with van der Waals surface area (Å²) in [4.78, 5) is 0. The molecule has 0 aromatic rings. The first-order valence-corrected chi connectivity index (χ1v) is 6.73. The fourth-order valence-corrected chi connectivity index (χ4v) is 2.03. The van der Waals surface area contributed by atoms with Gasteiger partial charge < -0.3 is 9.47 Å². The molecule has 0 saturated carbocycles. The molecule has 2 atom stereocenters. The van der Waals surface area contributed by atoms with E-state index in [0.29, 0.717) is 12.7 Å². The van der Waals surface area contributed by atoms with Gasteiger partial charge in [0, 0.05) is 12.6 Å². The minimum Gasteiger partial charge on any atom is -0.378 e. The lowest BCUT2D eigenvalue weighted by Gasteiger charge is -2.24. The molecular weight excluding hydrogens is 216 g/mol. The predicted molar refractivity (Wildman–Crippen MR) is 69.6 cm³/mol. The molecule has 1 rings (SSSR count). The van der Waals surface area contributed by atoms with Gasteiger partial charge in [-0.3, -0.25) is 11.3 Å². The third-order valence-electron chi connectivity index (χ3n) is 3.06. The molecule has 0 aliphatic carbocycles. The van der Waals surface area contributed by atoms with Crippen LogP contribution in [0, 0.1) is 0 Å². The largest absolute Gasteiger partial charge is 0.378 e. The van der Waals surface area contributed by atoms with Gasteiger partial charge in [0.1, 0.15) is 0 Å². The average Bonchev–Trinajstić information content (AvgIpc) is 2.74. The van der Waals surface area contributed by atoms with Crippen LogP contribution in [0.3, 0.4) is 0 Å². The molecule has 0 amide bonds. The van der Waals surface area contributed by atoms with Gasteiger partial charge in [-0.25, -0.2) is 0 Å². The first-order chi connectivity index (χ1) is 8.01. The van der Waals surface area contributed by atoms with Crippen molar-refractivity contribution >= 4 is 0 Å². The van der Waals surface area contributed by atoms with Crippen LogP contribution in [0.1, 0.15) is 52.9 Å². The highest BCUT2D eigenvalue weighted by Gasteiger charge is 2.17. The highest BCUT2D eigenvalue weighted by atomic mass is 16.5. The van der Waals surface area contributed by atoms with E-state index in [1.54, 1.807) is 0 Å². The molecule has 4 heteroatoms. The van der Waals surface area contributed by atoms with Gasteiger partial charge in [-0.05, 0) is 52.9 Å². The first kappa shape index (κ1) is 14.9. The van der Waals surface area contributed by atoms with Crippen molar-refractivity contribution < 1.29 is 9.47 Å². The quantitative estimate of drug-likeness (QED) is 0.531. The molecule has 1 saturated heterocycles. The molecular formula is C13H28N2O2. The lowest BCUT2D eigenvalue weighted by Crippen LogP contribution is -2.40. The normalized spacial score (nSPS) is 22.9. The maximum atomic E-state index is 5.73. The zero-order valence-corrected chi connectivity index (χ0v) is 11.5. The molecule has 1 aliphatic rings. The van der Waals surface area contributed by atoms with E-state index in [2.05, 4.69) is 26.2 Å². The minimum absolute atomic E-state index is 0.0936. The summed E-state index contributed by atoms with van der Waals surface area (Å²) < 4.78 is 11.3. The smallest absolute Gasteiger partial charge is 0.0640 e. The third-order valence-corrected chi connectivity index (χ3v) is 3.06. The van der Waals surface area contributed by atoms with Gasteiger partial charge in [-0.2, -0.15) is 0 Å². The summed E-state index contributed by atoms with van der Waals surface area (Å²) in [5.41, 5.74) is 2.74. The van der Waals surface area contributed by atoms with Crippen molar-refractivity contribution in [1.82, 2.24) is 5.43 Å². The van der Waals surface area contributed by atoms with Crippen molar-refractivity contribution in [2.24, 2.45) is 5.84 Å². The summed E-state index contributed by atoms with van der Waals surface area (Å²) in [5, 5.41) is 0. The van der Waals surface area contributed by atoms with Gasteiger partial charge in [0.25, 0.3) is 0 Å². The van der Waals surface area contributed by atoms with Crippen LogP contribution in [0.15, 0.2) is 0 Å². The van der Waals surface area contributed by atoms with E-state index >= 15 is 0 Å². The van der Waals surface area contributed by atoms with Crippen LogP contribution in [0.5, 0.6) is 0 Å². The van der Waals surface area contributed by atoms with Gasteiger partial charge in [0.05, 0.1) is 18.3 Å². The second-order valence-electron chi connectivity index (χ2n) is 5.85. The number of hydrazine groups is 1. The van der Waals surface area contributed by atoms with Crippen LogP contribution in [0.2, 0.25) is 0 Å². The van der Waals surface area contributed by atoms with Gasteiger partial charge in [0.15, 0.2) is 0 Å². The molecule has 4 nitrogen and oxygen atoms in total. The van der Waals surface area contributed by atoms with Crippen molar-refractivity contribution in [3.8, 4) is 0 Å². The predicted octanol–water partition coefficient (Wildman–Crippen LogP) is 1.98. The van der Waals surface area contributed by atoms with Crippen LogP contribution in [0.25, 0.3) is 0 Å². The lowest BCUT2D eigenvalue weighted by molar-refractivity contribution is -0.0161. The molecule has 1 aliphatic heterocycles. The van der Waals surface area contributed by atoms with E-state index < -0.39 is 0 Å². The van der Waals surface area contributed by atoms with E-state index in [1.807, 2.05) is 0 Å². The molecule has 0 aromatic carbocycles. The van der Waals surface area contributed by atoms with Crippen LogP contribution >= 0.6 is 0 Å². The molecule has 2 unspecified atom stereocenters. The van der Waals surface area contributed by atoms with Crippen LogP contribution in [-0.4, -0.2) is 31.0 Å². The second-order valence-corrected chi connectivity index (χ2v) is 5.85. The Kier molecular flexibility index (Phi) is 6.41. The number of ether oxygens (including phenoxy) is 2. The zero-order valence-electron chi connectivity index (χ0n) is 11.5. The Balaban J connectivity index is 2.09. The zero-order chi connectivity index (χ0) is 12.7. The third kappa shape index (κ3) is 6.99. The van der Waals surface area contributed by atoms with E-state index in [-0.39, 0.29) is 11.6 Å². The highest BCUT2D eigenvalue weighted by molar-refractivity contribution is 4.70. The first-order valence-electron chi connectivity index (χ1n) is 6.73. The summed E-state index contributed by atoms with van der Waals surface area (Å²) in [6.07, 6.45) is 6.26. The van der Waals surface area contributed by atoms with Crippen molar-refractivity contribution in [2.75, 3.05) is 13.2 Å². The molecule has 1 heterocycles. The summed E-state index contributed by atoms with van der Waals surface area (Å²) in [5.74, 6) is 5.54. The number of nitrogens with two attached hydrogens (primary N) is 1. The van der Waals surface area contributed by atoms with Crippen molar-refractivity contribution in [3.05, 3.63) is 0 Å². The van der Waals surface area contributed by atoms with Crippen molar-refractivity contribution in [1.29, 1.82) is 0 Å². The maximum Gasteiger partial charge on any atom is 0.0640 e. The second kappa shape index (κ2) is 7.31. The fourth-order valence-electron chi connectivity index (χ4n) is 2.03. The molecule has 0 bridgehead atoms.